The van der Waals surface area contributed by atoms with Crippen molar-refractivity contribution in [2.24, 2.45) is 5.41 Å². The number of piperidine rings is 1. The van der Waals surface area contributed by atoms with Crippen LogP contribution in [0.4, 0.5) is 0 Å². The number of aliphatic hydroxyl groups excluding tert-OH is 1. The minimum atomic E-state index is -0.201. The maximum Gasteiger partial charge on any atom is 0.151 e. The van der Waals surface area contributed by atoms with Crippen molar-refractivity contribution >= 4 is 11.6 Å². The molecule has 0 amide bonds. The highest BCUT2D eigenvalue weighted by Crippen LogP contribution is 2.51. The number of halogens is 1. The predicted molar refractivity (Wildman–Crippen MR) is 95.2 cm³/mol. The molecule has 1 saturated heterocycles. The van der Waals surface area contributed by atoms with Crippen LogP contribution in [0, 0.1) is 5.41 Å². The topological polar surface area (TPSA) is 61.4 Å². The fourth-order valence-corrected chi connectivity index (χ4v) is 4.38. The van der Waals surface area contributed by atoms with Crippen molar-refractivity contribution in [2.75, 3.05) is 19.7 Å². The van der Waals surface area contributed by atoms with Crippen LogP contribution in [0.25, 0.3) is 0 Å². The molecule has 5 nitrogen and oxygen atoms in total. The summed E-state index contributed by atoms with van der Waals surface area (Å²) in [5, 5.41) is 10.9. The van der Waals surface area contributed by atoms with Crippen molar-refractivity contribution in [1.82, 2.24) is 14.9 Å². The summed E-state index contributed by atoms with van der Waals surface area (Å²) in [7, 11) is 0. The van der Waals surface area contributed by atoms with Crippen molar-refractivity contribution in [2.45, 2.75) is 71.1 Å². The van der Waals surface area contributed by atoms with E-state index in [4.69, 9.17) is 16.3 Å². The highest BCUT2D eigenvalue weighted by molar-refractivity contribution is 6.30. The molecule has 1 saturated carbocycles. The summed E-state index contributed by atoms with van der Waals surface area (Å²) in [6, 6.07) is 0. The Hall–Kier alpha value is -0.620. The molecule has 0 aromatic carbocycles. The Balaban J connectivity index is 1.55. The molecular formula is C18H30ClN3O2. The highest BCUT2D eigenvalue weighted by Gasteiger charge is 2.55. The number of hydrogen-bond acceptors (Lipinski definition) is 4. The van der Waals surface area contributed by atoms with Gasteiger partial charge in [0, 0.05) is 31.4 Å². The first-order chi connectivity index (χ1) is 11.6. The lowest BCUT2D eigenvalue weighted by Gasteiger charge is -2.56. The number of ether oxygens (including phenoxy) is 1. The van der Waals surface area contributed by atoms with Crippen molar-refractivity contribution in [3.8, 4) is 0 Å². The van der Waals surface area contributed by atoms with Gasteiger partial charge in [-0.2, -0.15) is 0 Å². The number of aromatic nitrogens is 2. The van der Waals surface area contributed by atoms with Gasteiger partial charge in [-0.15, -0.1) is 0 Å². The fraction of sp³-hybridized carbons (Fsp3) is 0.833. The van der Waals surface area contributed by atoms with Gasteiger partial charge in [-0.25, -0.2) is 4.98 Å². The smallest absolute Gasteiger partial charge is 0.151 e. The molecule has 0 bridgehead atoms. The number of nitrogens with zero attached hydrogens (tertiary/aromatic N) is 2. The number of hydrogen-bond donors (Lipinski definition) is 2. The maximum atomic E-state index is 10.3. The monoisotopic (exact) mass is 355 g/mol. The minimum absolute atomic E-state index is 0.0173. The number of nitrogens with one attached hydrogen (secondary N) is 1. The lowest BCUT2D eigenvalue weighted by Crippen LogP contribution is -2.62. The largest absolute Gasteiger partial charge is 0.392 e. The molecule has 3 rings (SSSR count). The second-order valence-electron chi connectivity index (χ2n) is 7.26. The standard InChI is InChI=1S/C18H30ClN3O2/c1-3-5-6-16-20-13(17(19)21-16)12-22-9-7-18(8-10-22)14(23)11-15(18)24-4-2/h14-15,23H,3-12H2,1-2H3,(H,20,21)/t14-,15+/m0/s1. The van der Waals surface area contributed by atoms with Gasteiger partial charge in [0.25, 0.3) is 0 Å². The molecule has 2 fully saturated rings. The Labute approximate surface area is 149 Å². The molecule has 0 radical (unpaired) electrons. The summed E-state index contributed by atoms with van der Waals surface area (Å²) >= 11 is 6.30. The normalized spacial score (nSPS) is 26.7. The summed E-state index contributed by atoms with van der Waals surface area (Å²) < 4.78 is 5.84. The SMILES string of the molecule is CCCCc1nc(Cl)c(CN2CCC3(CC2)[C@@H](O)C[C@H]3OCC)[nH]1. The number of H-pyrrole nitrogens is 1. The lowest BCUT2D eigenvalue weighted by molar-refractivity contribution is -0.209. The average molecular weight is 356 g/mol. The van der Waals surface area contributed by atoms with Crippen LogP contribution in [-0.2, 0) is 17.7 Å². The molecule has 1 spiro atoms. The van der Waals surface area contributed by atoms with Crippen LogP contribution >= 0.6 is 11.6 Å². The first-order valence-corrected chi connectivity index (χ1v) is 9.72. The minimum Gasteiger partial charge on any atom is -0.392 e. The second kappa shape index (κ2) is 7.73. The molecule has 1 aromatic heterocycles. The third-order valence-corrected chi connectivity index (χ3v) is 6.14. The number of likely N-dealkylation sites (tertiary alicyclic amines) is 1. The number of imidazole rings is 1. The van der Waals surface area contributed by atoms with E-state index in [9.17, 15) is 5.11 Å². The quantitative estimate of drug-likeness (QED) is 0.788. The van der Waals surface area contributed by atoms with Gasteiger partial charge < -0.3 is 14.8 Å². The molecule has 2 heterocycles. The zero-order valence-corrected chi connectivity index (χ0v) is 15.6. The van der Waals surface area contributed by atoms with Crippen molar-refractivity contribution in [3.05, 3.63) is 16.7 Å². The zero-order valence-electron chi connectivity index (χ0n) is 14.9. The van der Waals surface area contributed by atoms with Gasteiger partial charge in [-0.05, 0) is 39.3 Å². The second-order valence-corrected chi connectivity index (χ2v) is 7.62. The highest BCUT2D eigenvalue weighted by atomic mass is 35.5. The van der Waals surface area contributed by atoms with Crippen LogP contribution < -0.4 is 0 Å². The average Bonchev–Trinajstić information content (AvgIpc) is 2.93. The zero-order chi connectivity index (χ0) is 17.2. The van der Waals surface area contributed by atoms with Crippen LogP contribution in [-0.4, -0.2) is 51.9 Å². The third-order valence-electron chi connectivity index (χ3n) is 5.82. The first kappa shape index (κ1) is 18.2. The summed E-state index contributed by atoms with van der Waals surface area (Å²) in [6.45, 7) is 7.69. The molecule has 2 atom stereocenters. The van der Waals surface area contributed by atoms with E-state index in [-0.39, 0.29) is 17.6 Å². The van der Waals surface area contributed by atoms with Gasteiger partial charge in [0.05, 0.1) is 17.9 Å². The molecule has 2 N–H and O–H groups in total. The van der Waals surface area contributed by atoms with Gasteiger partial charge in [-0.3, -0.25) is 4.90 Å². The van der Waals surface area contributed by atoms with Crippen LogP contribution in [0.3, 0.4) is 0 Å². The molecule has 136 valence electrons. The Morgan fingerprint density at radius 2 is 2.12 bits per heavy atom. The summed E-state index contributed by atoms with van der Waals surface area (Å²) in [5.41, 5.74) is 1.01. The van der Waals surface area contributed by atoms with Gasteiger partial charge in [0.2, 0.25) is 0 Å². The molecular weight excluding hydrogens is 326 g/mol. The van der Waals surface area contributed by atoms with Crippen LogP contribution in [0.2, 0.25) is 5.15 Å². The molecule has 2 aliphatic rings. The molecule has 1 aliphatic carbocycles. The number of unbranched alkanes of at least 4 members (excludes halogenated alkanes) is 1. The van der Waals surface area contributed by atoms with Crippen molar-refractivity contribution in [1.29, 1.82) is 0 Å². The van der Waals surface area contributed by atoms with E-state index in [1.807, 2.05) is 6.92 Å². The Morgan fingerprint density at radius 1 is 1.38 bits per heavy atom. The lowest BCUT2D eigenvalue weighted by atomic mass is 9.58. The van der Waals surface area contributed by atoms with E-state index in [1.165, 1.54) is 0 Å². The number of rotatable bonds is 7. The van der Waals surface area contributed by atoms with E-state index in [2.05, 4.69) is 21.8 Å². The summed E-state index contributed by atoms with van der Waals surface area (Å²) in [4.78, 5) is 10.2. The number of aliphatic hydroxyl groups is 1. The predicted octanol–water partition coefficient (Wildman–Crippen LogP) is 3.16. The number of aryl methyl sites for hydroxylation is 1. The van der Waals surface area contributed by atoms with Gasteiger partial charge >= 0.3 is 0 Å². The van der Waals surface area contributed by atoms with E-state index < -0.39 is 0 Å². The van der Waals surface area contributed by atoms with Crippen LogP contribution in [0.5, 0.6) is 0 Å². The van der Waals surface area contributed by atoms with Crippen LogP contribution in [0.1, 0.15) is 57.5 Å². The summed E-state index contributed by atoms with van der Waals surface area (Å²) in [6.07, 6.45) is 6.06. The van der Waals surface area contributed by atoms with E-state index in [0.29, 0.717) is 5.15 Å². The van der Waals surface area contributed by atoms with Crippen molar-refractivity contribution < 1.29 is 9.84 Å². The van der Waals surface area contributed by atoms with Crippen molar-refractivity contribution in [3.63, 3.8) is 0 Å². The van der Waals surface area contributed by atoms with Gasteiger partial charge in [-0.1, -0.05) is 24.9 Å². The Kier molecular flexibility index (Phi) is 5.85. The molecule has 0 unspecified atom stereocenters. The molecule has 6 heteroatoms. The van der Waals surface area contributed by atoms with Gasteiger partial charge in [0.15, 0.2) is 5.15 Å². The van der Waals surface area contributed by atoms with E-state index >= 15 is 0 Å². The van der Waals surface area contributed by atoms with Crippen LogP contribution in [0.15, 0.2) is 0 Å². The first-order valence-electron chi connectivity index (χ1n) is 9.34. The Morgan fingerprint density at radius 3 is 2.75 bits per heavy atom. The summed E-state index contributed by atoms with van der Waals surface area (Å²) in [5.74, 6) is 0.996. The Bertz CT molecular complexity index is 538. The molecule has 1 aliphatic heterocycles. The number of aromatic amines is 1. The van der Waals surface area contributed by atoms with E-state index in [1.54, 1.807) is 0 Å². The molecule has 24 heavy (non-hydrogen) atoms. The van der Waals surface area contributed by atoms with E-state index in [0.717, 1.165) is 76.3 Å². The van der Waals surface area contributed by atoms with Gasteiger partial charge in [0.1, 0.15) is 5.82 Å². The maximum absolute atomic E-state index is 10.3. The fourth-order valence-electron chi connectivity index (χ4n) is 4.17. The third kappa shape index (κ3) is 3.50. The molecule has 1 aromatic rings.